The summed E-state index contributed by atoms with van der Waals surface area (Å²) >= 11 is 0. The van der Waals surface area contributed by atoms with Gasteiger partial charge in [-0.1, -0.05) is 12.1 Å². The van der Waals surface area contributed by atoms with Gasteiger partial charge in [-0.25, -0.2) is 0 Å². The normalized spacial score (nSPS) is 25.0. The van der Waals surface area contributed by atoms with E-state index in [1.807, 2.05) is 12.1 Å². The molecular formula is C14H17NO. The van der Waals surface area contributed by atoms with Crippen LogP contribution in [0, 0.1) is 11.3 Å². The van der Waals surface area contributed by atoms with Gasteiger partial charge >= 0.3 is 0 Å². The Hall–Kier alpha value is -1.33. The minimum Gasteiger partial charge on any atom is -0.381 e. The molecule has 0 bridgehead atoms. The zero-order chi connectivity index (χ0) is 11.4. The van der Waals surface area contributed by atoms with Gasteiger partial charge in [0.15, 0.2) is 0 Å². The van der Waals surface area contributed by atoms with Crippen molar-refractivity contribution in [2.75, 3.05) is 7.11 Å². The van der Waals surface area contributed by atoms with Crippen LogP contribution in [0.1, 0.15) is 42.7 Å². The van der Waals surface area contributed by atoms with Crippen molar-refractivity contribution in [3.05, 3.63) is 35.4 Å². The van der Waals surface area contributed by atoms with Crippen LogP contribution in [-0.4, -0.2) is 13.2 Å². The maximum absolute atomic E-state index is 8.74. The van der Waals surface area contributed by atoms with Crippen LogP contribution in [0.25, 0.3) is 0 Å². The molecule has 1 fully saturated rings. The van der Waals surface area contributed by atoms with Gasteiger partial charge < -0.3 is 4.74 Å². The van der Waals surface area contributed by atoms with Gasteiger partial charge in [0.25, 0.3) is 0 Å². The van der Waals surface area contributed by atoms with Crippen molar-refractivity contribution in [3.8, 4) is 6.07 Å². The molecule has 0 heterocycles. The Morgan fingerprint density at radius 2 is 1.75 bits per heavy atom. The quantitative estimate of drug-likeness (QED) is 0.758. The molecule has 0 spiro atoms. The van der Waals surface area contributed by atoms with E-state index in [0.29, 0.717) is 12.0 Å². The van der Waals surface area contributed by atoms with Crippen molar-refractivity contribution in [1.82, 2.24) is 0 Å². The first-order chi connectivity index (χ1) is 7.83. The summed E-state index contributed by atoms with van der Waals surface area (Å²) < 4.78 is 5.37. The third-order valence-electron chi connectivity index (χ3n) is 3.52. The molecule has 2 rings (SSSR count). The fourth-order valence-electron chi connectivity index (χ4n) is 2.46. The summed E-state index contributed by atoms with van der Waals surface area (Å²) in [5.74, 6) is 0.652. The highest BCUT2D eigenvalue weighted by Gasteiger charge is 2.21. The Morgan fingerprint density at radius 3 is 2.25 bits per heavy atom. The molecule has 0 atom stereocenters. The van der Waals surface area contributed by atoms with Crippen molar-refractivity contribution in [3.63, 3.8) is 0 Å². The molecule has 1 aliphatic carbocycles. The van der Waals surface area contributed by atoms with E-state index in [1.54, 1.807) is 7.11 Å². The number of nitrogens with zero attached hydrogens (tertiary/aromatic N) is 1. The fraction of sp³-hybridized carbons (Fsp3) is 0.500. The van der Waals surface area contributed by atoms with Crippen molar-refractivity contribution in [1.29, 1.82) is 5.26 Å². The summed E-state index contributed by atoms with van der Waals surface area (Å²) in [6, 6.07) is 10.2. The van der Waals surface area contributed by atoms with Gasteiger partial charge in [0.2, 0.25) is 0 Å². The van der Waals surface area contributed by atoms with Gasteiger partial charge in [-0.3, -0.25) is 0 Å². The summed E-state index contributed by atoms with van der Waals surface area (Å²) in [4.78, 5) is 0. The van der Waals surface area contributed by atoms with Gasteiger partial charge in [-0.05, 0) is 49.3 Å². The fourth-order valence-corrected chi connectivity index (χ4v) is 2.46. The Morgan fingerprint density at radius 1 is 1.12 bits per heavy atom. The van der Waals surface area contributed by atoms with E-state index in [9.17, 15) is 0 Å². The van der Waals surface area contributed by atoms with Crippen molar-refractivity contribution < 1.29 is 4.74 Å². The lowest BCUT2D eigenvalue weighted by molar-refractivity contribution is 0.0659. The number of hydrogen-bond donors (Lipinski definition) is 0. The van der Waals surface area contributed by atoms with Gasteiger partial charge in [0.1, 0.15) is 0 Å². The number of methoxy groups -OCH3 is 1. The van der Waals surface area contributed by atoms with Crippen molar-refractivity contribution in [2.24, 2.45) is 0 Å². The summed E-state index contributed by atoms with van der Waals surface area (Å²) in [6.07, 6.45) is 5.16. The molecule has 84 valence electrons. The van der Waals surface area contributed by atoms with Gasteiger partial charge in [0.05, 0.1) is 17.7 Å². The van der Waals surface area contributed by atoms with Gasteiger partial charge in [0, 0.05) is 7.11 Å². The van der Waals surface area contributed by atoms with E-state index >= 15 is 0 Å². The number of benzene rings is 1. The van der Waals surface area contributed by atoms with E-state index in [4.69, 9.17) is 10.00 Å². The first-order valence-electron chi connectivity index (χ1n) is 5.86. The highest BCUT2D eigenvalue weighted by Crippen LogP contribution is 2.33. The lowest BCUT2D eigenvalue weighted by Gasteiger charge is -2.27. The second kappa shape index (κ2) is 5.14. The van der Waals surface area contributed by atoms with Crippen LogP contribution in [0.4, 0.5) is 0 Å². The van der Waals surface area contributed by atoms with Crippen LogP contribution >= 0.6 is 0 Å². The maximum Gasteiger partial charge on any atom is 0.0991 e. The first kappa shape index (κ1) is 11.2. The van der Waals surface area contributed by atoms with Crippen LogP contribution < -0.4 is 0 Å². The molecule has 16 heavy (non-hydrogen) atoms. The highest BCUT2D eigenvalue weighted by molar-refractivity contribution is 5.33. The van der Waals surface area contributed by atoms with Crippen LogP contribution in [0.15, 0.2) is 24.3 Å². The van der Waals surface area contributed by atoms with E-state index in [0.717, 1.165) is 18.4 Å². The van der Waals surface area contributed by atoms with E-state index in [2.05, 4.69) is 18.2 Å². The summed E-state index contributed by atoms with van der Waals surface area (Å²) in [5, 5.41) is 8.74. The van der Waals surface area contributed by atoms with Gasteiger partial charge in [-0.2, -0.15) is 5.26 Å². The zero-order valence-corrected chi connectivity index (χ0v) is 9.65. The molecule has 0 radical (unpaired) electrons. The average molecular weight is 215 g/mol. The largest absolute Gasteiger partial charge is 0.381 e. The minimum atomic E-state index is 0.453. The van der Waals surface area contributed by atoms with Gasteiger partial charge in [-0.15, -0.1) is 0 Å². The predicted octanol–water partition coefficient (Wildman–Crippen LogP) is 3.23. The molecule has 0 saturated heterocycles. The SMILES string of the molecule is CO[C@H]1CC[C@H](c2ccc(C#N)cc2)CC1. The molecule has 1 aromatic rings. The second-order valence-electron chi connectivity index (χ2n) is 4.44. The number of nitriles is 1. The monoisotopic (exact) mass is 215 g/mol. The molecule has 0 aliphatic heterocycles. The molecule has 1 saturated carbocycles. The maximum atomic E-state index is 8.74. The molecule has 0 N–H and O–H groups in total. The van der Waals surface area contributed by atoms with Crippen LogP contribution in [0.2, 0.25) is 0 Å². The lowest BCUT2D eigenvalue weighted by Crippen LogP contribution is -2.19. The molecule has 2 heteroatoms. The topological polar surface area (TPSA) is 33.0 Å². The van der Waals surface area contributed by atoms with Crippen molar-refractivity contribution >= 4 is 0 Å². The zero-order valence-electron chi connectivity index (χ0n) is 9.65. The lowest BCUT2D eigenvalue weighted by atomic mass is 9.82. The molecule has 0 aromatic heterocycles. The molecule has 0 amide bonds. The number of rotatable bonds is 2. The number of ether oxygens (including phenoxy) is 1. The Kier molecular flexibility index (Phi) is 3.58. The number of hydrogen-bond acceptors (Lipinski definition) is 2. The smallest absolute Gasteiger partial charge is 0.0991 e. The highest BCUT2D eigenvalue weighted by atomic mass is 16.5. The first-order valence-corrected chi connectivity index (χ1v) is 5.86. The predicted molar refractivity (Wildman–Crippen MR) is 63.2 cm³/mol. The molecule has 0 unspecified atom stereocenters. The summed E-state index contributed by atoms with van der Waals surface area (Å²) in [6.45, 7) is 0. The van der Waals surface area contributed by atoms with Crippen molar-refractivity contribution in [2.45, 2.75) is 37.7 Å². The van der Waals surface area contributed by atoms with Crippen LogP contribution in [0.5, 0.6) is 0 Å². The molecule has 1 aromatic carbocycles. The summed E-state index contributed by atoms with van der Waals surface area (Å²) in [7, 11) is 1.80. The van der Waals surface area contributed by atoms with Crippen LogP contribution in [0.3, 0.4) is 0 Å². The van der Waals surface area contributed by atoms with Crippen LogP contribution in [-0.2, 0) is 4.74 Å². The van der Waals surface area contributed by atoms with E-state index in [-0.39, 0.29) is 0 Å². The van der Waals surface area contributed by atoms with E-state index in [1.165, 1.54) is 18.4 Å². The summed E-state index contributed by atoms with van der Waals surface area (Å²) in [5.41, 5.74) is 2.11. The Bertz CT molecular complexity index is 369. The second-order valence-corrected chi connectivity index (χ2v) is 4.44. The standard InChI is InChI=1S/C14H17NO/c1-16-14-8-6-13(7-9-14)12-4-2-11(10-15)3-5-12/h2-5,13-14H,6-9H2,1H3/t13-,14-. The Balaban J connectivity index is 2.00. The van der Waals surface area contributed by atoms with E-state index < -0.39 is 0 Å². The molecule has 1 aliphatic rings. The molecular weight excluding hydrogens is 198 g/mol. The molecule has 2 nitrogen and oxygen atoms in total. The third kappa shape index (κ3) is 2.43. The Labute approximate surface area is 96.9 Å². The third-order valence-corrected chi connectivity index (χ3v) is 3.52. The minimum absolute atomic E-state index is 0.453. The average Bonchev–Trinajstić information content (AvgIpc) is 2.39.